The first-order chi connectivity index (χ1) is 18.2. The van der Waals surface area contributed by atoms with E-state index in [1.54, 1.807) is 42.9 Å². The zero-order chi connectivity index (χ0) is 27.0. The number of aromatic nitrogens is 4. The number of unbranched alkanes of at least 4 members (excludes halogenated alkanes) is 1. The van der Waals surface area contributed by atoms with Gasteiger partial charge in [-0.2, -0.15) is 17.5 Å². The second-order valence-corrected chi connectivity index (χ2v) is 10.3. The maximum atomic E-state index is 12.7. The summed E-state index contributed by atoms with van der Waals surface area (Å²) in [6.07, 6.45) is 4.99. The molecule has 0 saturated carbocycles. The van der Waals surface area contributed by atoms with E-state index in [1.807, 2.05) is 4.90 Å². The Kier molecular flexibility index (Phi) is 8.70. The van der Waals surface area contributed by atoms with Crippen LogP contribution in [-0.2, 0) is 22.6 Å². The molecule has 3 aromatic rings. The topological polar surface area (TPSA) is 92.2 Å². The zero-order valence-corrected chi connectivity index (χ0v) is 21.2. The van der Waals surface area contributed by atoms with E-state index in [9.17, 15) is 21.6 Å². The lowest BCUT2D eigenvalue weighted by molar-refractivity contribution is -0.137. The summed E-state index contributed by atoms with van der Waals surface area (Å²) in [5.41, 5.74) is -0.0216. The Bertz CT molecular complexity index is 1390. The van der Waals surface area contributed by atoms with Crippen molar-refractivity contribution < 1.29 is 21.6 Å². The minimum absolute atomic E-state index is 0.221. The monoisotopic (exact) mass is 542 g/mol. The van der Waals surface area contributed by atoms with Gasteiger partial charge < -0.3 is 4.90 Å². The van der Waals surface area contributed by atoms with Crippen LogP contribution >= 0.6 is 0 Å². The van der Waals surface area contributed by atoms with Gasteiger partial charge in [-0.3, -0.25) is 0 Å². The zero-order valence-electron chi connectivity index (χ0n) is 20.3. The van der Waals surface area contributed by atoms with E-state index in [-0.39, 0.29) is 5.69 Å². The summed E-state index contributed by atoms with van der Waals surface area (Å²) in [5.74, 6) is 7.00. The molecular formula is C26H25F3N6O2S. The van der Waals surface area contributed by atoms with Gasteiger partial charge in [-0.1, -0.05) is 12.0 Å². The highest BCUT2D eigenvalue weighted by Gasteiger charge is 2.30. The van der Waals surface area contributed by atoms with Crippen molar-refractivity contribution in [3.63, 3.8) is 0 Å². The van der Waals surface area contributed by atoms with Gasteiger partial charge in [0, 0.05) is 68.4 Å². The number of piperazine rings is 1. The van der Waals surface area contributed by atoms with Crippen LogP contribution in [0.1, 0.15) is 35.5 Å². The van der Waals surface area contributed by atoms with Crippen molar-refractivity contribution in [2.45, 2.75) is 25.4 Å². The third kappa shape index (κ3) is 7.60. The van der Waals surface area contributed by atoms with Crippen LogP contribution in [0, 0.1) is 11.8 Å². The molecule has 1 aliphatic heterocycles. The average Bonchev–Trinajstić information content (AvgIpc) is 2.92. The van der Waals surface area contributed by atoms with Crippen LogP contribution in [0.3, 0.4) is 0 Å². The van der Waals surface area contributed by atoms with Crippen LogP contribution in [0.25, 0.3) is 0 Å². The molecule has 4 rings (SSSR count). The molecule has 8 nitrogen and oxygen atoms in total. The maximum Gasteiger partial charge on any atom is 0.417 e. The lowest BCUT2D eigenvalue weighted by Crippen LogP contribution is -2.48. The maximum absolute atomic E-state index is 12.7. The Morgan fingerprint density at radius 2 is 1.68 bits per heavy atom. The minimum Gasteiger partial charge on any atom is -0.354 e. The van der Waals surface area contributed by atoms with E-state index in [0.29, 0.717) is 50.4 Å². The van der Waals surface area contributed by atoms with Crippen LogP contribution in [0.5, 0.6) is 0 Å². The molecule has 1 fully saturated rings. The summed E-state index contributed by atoms with van der Waals surface area (Å²) in [6.45, 7) is 1.67. The molecule has 0 aliphatic carbocycles. The first kappa shape index (κ1) is 27.2. The molecule has 0 atom stereocenters. The molecule has 0 bridgehead atoms. The highest BCUT2D eigenvalue weighted by Crippen LogP contribution is 2.28. The number of sulfonamides is 1. The number of hydrogen-bond donors (Lipinski definition) is 0. The third-order valence-electron chi connectivity index (χ3n) is 5.75. The van der Waals surface area contributed by atoms with Gasteiger partial charge in [-0.15, -0.1) is 0 Å². The number of pyridine rings is 2. The normalized spacial score (nSPS) is 14.9. The fourth-order valence-electron chi connectivity index (χ4n) is 3.70. The fraction of sp³-hybridized carbons (Fsp3) is 0.308. The number of alkyl halides is 3. The number of rotatable bonds is 7. The third-order valence-corrected chi connectivity index (χ3v) is 7.38. The predicted molar refractivity (Wildman–Crippen MR) is 136 cm³/mol. The molecule has 0 spiro atoms. The first-order valence-electron chi connectivity index (χ1n) is 11.9. The second kappa shape index (κ2) is 12.1. The van der Waals surface area contributed by atoms with E-state index in [2.05, 4.69) is 31.8 Å². The molecule has 0 N–H and O–H groups in total. The van der Waals surface area contributed by atoms with Gasteiger partial charge >= 0.3 is 6.18 Å². The van der Waals surface area contributed by atoms with Gasteiger partial charge in [-0.05, 0) is 49.1 Å². The molecule has 3 aromatic heterocycles. The van der Waals surface area contributed by atoms with Crippen LogP contribution < -0.4 is 4.90 Å². The Balaban J connectivity index is 1.25. The van der Waals surface area contributed by atoms with Crippen molar-refractivity contribution >= 4 is 15.8 Å². The largest absolute Gasteiger partial charge is 0.417 e. The van der Waals surface area contributed by atoms with Gasteiger partial charge in [0.15, 0.2) is 0 Å². The molecular weight excluding hydrogens is 517 g/mol. The van der Waals surface area contributed by atoms with Gasteiger partial charge in [0.2, 0.25) is 10.0 Å². The summed E-state index contributed by atoms with van der Waals surface area (Å²) < 4.78 is 64.7. The number of halogens is 3. The molecule has 0 unspecified atom stereocenters. The van der Waals surface area contributed by atoms with Crippen LogP contribution in [-0.4, -0.2) is 58.8 Å². The molecule has 198 valence electrons. The summed E-state index contributed by atoms with van der Waals surface area (Å²) in [5, 5.41) is 1.27. The number of allylic oxidation sites excluding steroid dienone is 1. The fourth-order valence-corrected chi connectivity index (χ4v) is 4.93. The number of hydrogen-bond acceptors (Lipinski definition) is 7. The lowest BCUT2D eigenvalue weighted by Gasteiger charge is -2.34. The molecule has 12 heteroatoms. The SMILES string of the molecule is O=S(=O)(/C=C/CCCc1ncccn1)N1CCN(c2ccc(C#Cc3ccc(C(F)(F)F)cn3)cn2)CC1. The van der Waals surface area contributed by atoms with Gasteiger partial charge in [0.1, 0.15) is 17.3 Å². The van der Waals surface area contributed by atoms with Crippen molar-refractivity contribution in [1.82, 2.24) is 24.2 Å². The van der Waals surface area contributed by atoms with E-state index in [0.717, 1.165) is 24.5 Å². The van der Waals surface area contributed by atoms with Crippen molar-refractivity contribution in [2.24, 2.45) is 0 Å². The molecule has 38 heavy (non-hydrogen) atoms. The summed E-state index contributed by atoms with van der Waals surface area (Å²) in [7, 11) is -3.50. The van der Waals surface area contributed by atoms with Crippen molar-refractivity contribution in [2.75, 3.05) is 31.1 Å². The molecule has 0 aromatic carbocycles. The predicted octanol–water partition coefficient (Wildman–Crippen LogP) is 3.67. The van der Waals surface area contributed by atoms with E-state index in [1.165, 1.54) is 15.8 Å². The first-order valence-corrected chi connectivity index (χ1v) is 13.4. The van der Waals surface area contributed by atoms with Crippen LogP contribution in [0.4, 0.5) is 19.0 Å². The standard InChI is InChI=1S/C26H25F3N6O2S/c27-26(28,29)22-8-10-23(32-20-22)9-6-21-7-11-25(33-19-21)34-14-16-35(17-15-34)38(36,37)18-3-1-2-5-24-30-12-4-13-31-24/h3-4,7-8,10-13,18-20H,1-2,5,14-17H2/b18-3+. The molecule has 1 saturated heterocycles. The van der Waals surface area contributed by atoms with Gasteiger partial charge in [0.25, 0.3) is 0 Å². The van der Waals surface area contributed by atoms with Crippen LogP contribution in [0.2, 0.25) is 0 Å². The van der Waals surface area contributed by atoms with E-state index < -0.39 is 21.8 Å². The molecule has 0 radical (unpaired) electrons. The number of nitrogens with zero attached hydrogens (tertiary/aromatic N) is 6. The molecule has 0 amide bonds. The number of aryl methyl sites for hydroxylation is 1. The summed E-state index contributed by atoms with van der Waals surface area (Å²) >= 11 is 0. The minimum atomic E-state index is -4.44. The molecule has 1 aliphatic rings. The van der Waals surface area contributed by atoms with Crippen molar-refractivity contribution in [3.05, 3.63) is 89.2 Å². The Morgan fingerprint density at radius 1 is 0.921 bits per heavy atom. The molecule has 4 heterocycles. The quantitative estimate of drug-likeness (QED) is 0.332. The summed E-state index contributed by atoms with van der Waals surface area (Å²) in [6, 6.07) is 7.45. The highest BCUT2D eigenvalue weighted by molar-refractivity contribution is 7.92. The Morgan fingerprint density at radius 3 is 2.32 bits per heavy atom. The van der Waals surface area contributed by atoms with Crippen molar-refractivity contribution in [3.8, 4) is 11.8 Å². The second-order valence-electron chi connectivity index (χ2n) is 8.45. The highest BCUT2D eigenvalue weighted by atomic mass is 32.2. The van der Waals surface area contributed by atoms with E-state index >= 15 is 0 Å². The van der Waals surface area contributed by atoms with E-state index in [4.69, 9.17) is 0 Å². The van der Waals surface area contributed by atoms with Crippen LogP contribution in [0.15, 0.2) is 66.6 Å². The summed E-state index contributed by atoms with van der Waals surface area (Å²) in [4.78, 5) is 18.4. The smallest absolute Gasteiger partial charge is 0.354 e. The van der Waals surface area contributed by atoms with Gasteiger partial charge in [-0.25, -0.2) is 28.4 Å². The Hall–Kier alpha value is -3.82. The average molecular weight is 543 g/mol. The van der Waals surface area contributed by atoms with Crippen molar-refractivity contribution in [1.29, 1.82) is 0 Å². The number of anilines is 1. The van der Waals surface area contributed by atoms with Gasteiger partial charge in [0.05, 0.1) is 5.56 Å². The lowest BCUT2D eigenvalue weighted by atomic mass is 10.2. The Labute approximate surface area is 219 Å².